The molecule has 1 nitrogen and oxygen atoms in total. The van der Waals surface area contributed by atoms with E-state index in [1.54, 1.807) is 17.8 Å². The van der Waals surface area contributed by atoms with E-state index in [2.05, 4.69) is 30.6 Å². The van der Waals surface area contributed by atoms with Crippen molar-refractivity contribution < 1.29 is 0 Å². The van der Waals surface area contributed by atoms with Crippen molar-refractivity contribution in [1.29, 1.82) is 0 Å². The highest BCUT2D eigenvalue weighted by Gasteiger charge is 2.11. The molecule has 0 saturated heterocycles. The molecule has 19 heavy (non-hydrogen) atoms. The molecule has 0 amide bonds. The number of para-hydroxylation sites is 1. The highest BCUT2D eigenvalue weighted by Crippen LogP contribution is 2.31. The lowest BCUT2D eigenvalue weighted by atomic mass is 10.1. The van der Waals surface area contributed by atoms with Gasteiger partial charge in [0.05, 0.1) is 6.04 Å². The molecule has 1 N–H and O–H groups in total. The summed E-state index contributed by atoms with van der Waals surface area (Å²) in [6.45, 7) is 2.09. The lowest BCUT2D eigenvalue weighted by molar-refractivity contribution is 0.880. The molecule has 0 aliphatic carbocycles. The predicted molar refractivity (Wildman–Crippen MR) is 86.7 cm³/mol. The molecule has 0 heterocycles. The van der Waals surface area contributed by atoms with E-state index in [0.29, 0.717) is 10.0 Å². The standard InChI is InChI=1S/C15H15Cl2NS/c1-10(12-8-7-11(16)9-13(12)17)18-14-5-3-4-6-15(14)19-2/h3-10,18H,1-2H3. The molecule has 4 heteroatoms. The second-order valence-electron chi connectivity index (χ2n) is 4.23. The summed E-state index contributed by atoms with van der Waals surface area (Å²) in [6.07, 6.45) is 2.07. The Labute approximate surface area is 128 Å². The molecule has 0 fully saturated rings. The summed E-state index contributed by atoms with van der Waals surface area (Å²) in [6, 6.07) is 14.0. The topological polar surface area (TPSA) is 12.0 Å². The van der Waals surface area contributed by atoms with Crippen molar-refractivity contribution in [3.8, 4) is 0 Å². The van der Waals surface area contributed by atoms with Crippen molar-refractivity contribution >= 4 is 40.7 Å². The number of hydrogen-bond donors (Lipinski definition) is 1. The third kappa shape index (κ3) is 3.59. The van der Waals surface area contributed by atoms with Gasteiger partial charge in [-0.15, -0.1) is 11.8 Å². The molecule has 1 unspecified atom stereocenters. The highest BCUT2D eigenvalue weighted by molar-refractivity contribution is 7.98. The van der Waals surface area contributed by atoms with Crippen LogP contribution in [0.2, 0.25) is 10.0 Å². The van der Waals surface area contributed by atoms with Crippen LogP contribution < -0.4 is 5.32 Å². The number of halogens is 2. The Morgan fingerprint density at radius 1 is 1.11 bits per heavy atom. The number of benzene rings is 2. The fraction of sp³-hybridized carbons (Fsp3) is 0.200. The maximum absolute atomic E-state index is 6.23. The summed E-state index contributed by atoms with van der Waals surface area (Å²) in [7, 11) is 0. The minimum Gasteiger partial charge on any atom is -0.378 e. The van der Waals surface area contributed by atoms with Crippen LogP contribution in [-0.2, 0) is 0 Å². The molecular formula is C15H15Cl2NS. The molecule has 2 aromatic rings. The van der Waals surface area contributed by atoms with Gasteiger partial charge >= 0.3 is 0 Å². The first-order valence-electron chi connectivity index (χ1n) is 5.96. The van der Waals surface area contributed by atoms with E-state index >= 15 is 0 Å². The molecular weight excluding hydrogens is 297 g/mol. The Balaban J connectivity index is 2.23. The van der Waals surface area contributed by atoms with E-state index < -0.39 is 0 Å². The molecule has 2 aromatic carbocycles. The van der Waals surface area contributed by atoms with E-state index in [1.807, 2.05) is 24.3 Å². The fourth-order valence-corrected chi connectivity index (χ4v) is 3.06. The van der Waals surface area contributed by atoms with E-state index in [1.165, 1.54) is 4.90 Å². The Morgan fingerprint density at radius 2 is 1.84 bits per heavy atom. The number of hydrogen-bond acceptors (Lipinski definition) is 2. The number of rotatable bonds is 4. The molecule has 0 aliphatic heterocycles. The number of thioether (sulfide) groups is 1. The fourth-order valence-electron chi connectivity index (χ4n) is 1.93. The predicted octanol–water partition coefficient (Wildman–Crippen LogP) is 5.89. The summed E-state index contributed by atoms with van der Waals surface area (Å²) < 4.78 is 0. The molecule has 0 radical (unpaired) electrons. The molecule has 0 bridgehead atoms. The van der Waals surface area contributed by atoms with Gasteiger partial charge in [0, 0.05) is 20.6 Å². The molecule has 2 rings (SSSR count). The van der Waals surface area contributed by atoms with Crippen LogP contribution in [0.15, 0.2) is 47.4 Å². The lowest BCUT2D eigenvalue weighted by Crippen LogP contribution is -2.07. The van der Waals surface area contributed by atoms with E-state index in [-0.39, 0.29) is 6.04 Å². The Hall–Kier alpha value is -0.830. The molecule has 0 saturated carbocycles. The zero-order chi connectivity index (χ0) is 13.8. The molecule has 100 valence electrons. The summed E-state index contributed by atoms with van der Waals surface area (Å²) >= 11 is 13.9. The maximum atomic E-state index is 6.23. The average Bonchev–Trinajstić information content (AvgIpc) is 2.39. The Bertz CT molecular complexity index is 572. The van der Waals surface area contributed by atoms with Crippen molar-refractivity contribution in [1.82, 2.24) is 0 Å². The van der Waals surface area contributed by atoms with Gasteiger partial charge in [-0.3, -0.25) is 0 Å². The van der Waals surface area contributed by atoms with Gasteiger partial charge in [0.2, 0.25) is 0 Å². The lowest BCUT2D eigenvalue weighted by Gasteiger charge is -2.19. The normalized spacial score (nSPS) is 12.2. The van der Waals surface area contributed by atoms with Crippen LogP contribution in [0.1, 0.15) is 18.5 Å². The molecule has 1 atom stereocenters. The first-order valence-corrected chi connectivity index (χ1v) is 7.94. The highest BCUT2D eigenvalue weighted by atomic mass is 35.5. The third-order valence-electron chi connectivity index (χ3n) is 2.91. The largest absolute Gasteiger partial charge is 0.378 e. The van der Waals surface area contributed by atoms with Crippen molar-refractivity contribution in [2.24, 2.45) is 0 Å². The van der Waals surface area contributed by atoms with Gasteiger partial charge in [0.1, 0.15) is 0 Å². The van der Waals surface area contributed by atoms with Gasteiger partial charge in [0.25, 0.3) is 0 Å². The van der Waals surface area contributed by atoms with Crippen molar-refractivity contribution in [2.45, 2.75) is 17.9 Å². The Morgan fingerprint density at radius 3 is 2.53 bits per heavy atom. The van der Waals surface area contributed by atoms with Crippen LogP contribution in [0.25, 0.3) is 0 Å². The van der Waals surface area contributed by atoms with Crippen LogP contribution in [0.3, 0.4) is 0 Å². The van der Waals surface area contributed by atoms with Crippen molar-refractivity contribution in [2.75, 3.05) is 11.6 Å². The van der Waals surface area contributed by atoms with Crippen LogP contribution in [0.4, 0.5) is 5.69 Å². The maximum Gasteiger partial charge on any atom is 0.0500 e. The molecule has 0 aliphatic rings. The van der Waals surface area contributed by atoms with Crippen molar-refractivity contribution in [3.63, 3.8) is 0 Å². The van der Waals surface area contributed by atoms with Gasteiger partial charge in [-0.05, 0) is 43.0 Å². The monoisotopic (exact) mass is 311 g/mol. The van der Waals surface area contributed by atoms with E-state index in [0.717, 1.165) is 11.3 Å². The zero-order valence-electron chi connectivity index (χ0n) is 10.8. The van der Waals surface area contributed by atoms with Gasteiger partial charge in [-0.25, -0.2) is 0 Å². The van der Waals surface area contributed by atoms with Gasteiger partial charge < -0.3 is 5.32 Å². The number of nitrogens with one attached hydrogen (secondary N) is 1. The number of anilines is 1. The zero-order valence-corrected chi connectivity index (χ0v) is 13.1. The minimum atomic E-state index is 0.123. The smallest absolute Gasteiger partial charge is 0.0500 e. The average molecular weight is 312 g/mol. The van der Waals surface area contributed by atoms with Crippen LogP contribution in [-0.4, -0.2) is 6.26 Å². The SMILES string of the molecule is CSc1ccccc1NC(C)c1ccc(Cl)cc1Cl. The van der Waals surface area contributed by atoms with Crippen molar-refractivity contribution in [3.05, 3.63) is 58.1 Å². The van der Waals surface area contributed by atoms with E-state index in [4.69, 9.17) is 23.2 Å². The second-order valence-corrected chi connectivity index (χ2v) is 5.92. The quantitative estimate of drug-likeness (QED) is 0.707. The first kappa shape index (κ1) is 14.6. The van der Waals surface area contributed by atoms with Crippen LogP contribution in [0, 0.1) is 0 Å². The Kier molecular flexibility index (Phi) is 5.03. The summed E-state index contributed by atoms with van der Waals surface area (Å²) in [4.78, 5) is 1.22. The van der Waals surface area contributed by atoms with Crippen LogP contribution >= 0.6 is 35.0 Å². The molecule has 0 spiro atoms. The van der Waals surface area contributed by atoms with Crippen LogP contribution in [0.5, 0.6) is 0 Å². The van der Waals surface area contributed by atoms with E-state index in [9.17, 15) is 0 Å². The third-order valence-corrected chi connectivity index (χ3v) is 4.27. The van der Waals surface area contributed by atoms with Gasteiger partial charge in [-0.2, -0.15) is 0 Å². The first-order chi connectivity index (χ1) is 9.11. The summed E-state index contributed by atoms with van der Waals surface area (Å²) in [5.41, 5.74) is 2.16. The molecule has 0 aromatic heterocycles. The summed E-state index contributed by atoms with van der Waals surface area (Å²) in [5.74, 6) is 0. The summed E-state index contributed by atoms with van der Waals surface area (Å²) in [5, 5.41) is 4.84. The van der Waals surface area contributed by atoms with Gasteiger partial charge in [0.15, 0.2) is 0 Å². The van der Waals surface area contributed by atoms with Gasteiger partial charge in [-0.1, -0.05) is 41.4 Å². The minimum absolute atomic E-state index is 0.123. The second kappa shape index (κ2) is 6.56.